The predicted octanol–water partition coefficient (Wildman–Crippen LogP) is 2.74. The molecule has 0 spiro atoms. The molecule has 3 aromatic rings. The van der Waals surface area contributed by atoms with Gasteiger partial charge in [-0.25, -0.2) is 9.97 Å². The Labute approximate surface area is 175 Å². The highest BCUT2D eigenvalue weighted by atomic mass is 16.4. The fourth-order valence-corrected chi connectivity index (χ4v) is 3.00. The summed E-state index contributed by atoms with van der Waals surface area (Å²) in [5, 5.41) is 15.1. The fourth-order valence-electron chi connectivity index (χ4n) is 3.00. The Hall–Kier alpha value is -3.36. The molecule has 0 bridgehead atoms. The molecule has 30 heavy (non-hydrogen) atoms. The van der Waals surface area contributed by atoms with Crippen LogP contribution < -0.4 is 16.4 Å². The molecule has 0 radical (unpaired) electrons. The number of hydrogen-bond donors (Lipinski definition) is 4. The highest BCUT2D eigenvalue weighted by Gasteiger charge is 2.09. The number of aryl methyl sites for hydroxylation is 1. The summed E-state index contributed by atoms with van der Waals surface area (Å²) in [6.45, 7) is 2.70. The lowest BCUT2D eigenvalue weighted by Gasteiger charge is -2.10. The molecule has 1 aromatic heterocycles. The van der Waals surface area contributed by atoms with Crippen molar-refractivity contribution in [3.8, 4) is 11.4 Å². The summed E-state index contributed by atoms with van der Waals surface area (Å²) in [6.07, 6.45) is 3.15. The van der Waals surface area contributed by atoms with Crippen molar-refractivity contribution in [1.82, 2.24) is 20.3 Å². The number of carboxylic acid groups (broad SMARTS) is 1. The number of carbonyl (C=O) groups is 1. The van der Waals surface area contributed by atoms with E-state index in [1.54, 1.807) is 6.92 Å². The van der Waals surface area contributed by atoms with Gasteiger partial charge in [0.2, 0.25) is 5.95 Å². The number of aliphatic carboxylic acids is 1. The lowest BCUT2D eigenvalue weighted by Crippen LogP contribution is -2.34. The third kappa shape index (κ3) is 5.82. The van der Waals surface area contributed by atoms with Crippen LogP contribution in [0.4, 0.5) is 11.6 Å². The zero-order chi connectivity index (χ0) is 21.3. The summed E-state index contributed by atoms with van der Waals surface area (Å²) in [5.41, 5.74) is 9.68. The zero-order valence-electron chi connectivity index (χ0n) is 16.9. The van der Waals surface area contributed by atoms with Gasteiger partial charge in [-0.2, -0.15) is 4.98 Å². The molecule has 1 heterocycles. The van der Waals surface area contributed by atoms with Crippen molar-refractivity contribution in [1.29, 1.82) is 0 Å². The van der Waals surface area contributed by atoms with Gasteiger partial charge in [-0.1, -0.05) is 36.4 Å². The first kappa shape index (κ1) is 21.4. The van der Waals surface area contributed by atoms with Crippen molar-refractivity contribution in [3.05, 3.63) is 66.0 Å². The maximum atomic E-state index is 10.9. The van der Waals surface area contributed by atoms with E-state index >= 15 is 0 Å². The number of nitrogens with one attached hydrogen (secondary N) is 2. The summed E-state index contributed by atoms with van der Waals surface area (Å²) < 4.78 is 0. The summed E-state index contributed by atoms with van der Waals surface area (Å²) >= 11 is 0. The lowest BCUT2D eigenvalue weighted by molar-refractivity contribution is -0.138. The van der Waals surface area contributed by atoms with Gasteiger partial charge in [-0.15, -0.1) is 0 Å². The molecule has 0 aliphatic carbocycles. The predicted molar refractivity (Wildman–Crippen MR) is 116 cm³/mol. The van der Waals surface area contributed by atoms with Crippen molar-refractivity contribution < 1.29 is 9.90 Å². The first-order valence-corrected chi connectivity index (χ1v) is 9.86. The molecule has 8 nitrogen and oxygen atoms in total. The highest BCUT2D eigenvalue weighted by molar-refractivity contribution is 5.72. The van der Waals surface area contributed by atoms with Crippen LogP contribution in [0.15, 0.2) is 54.9 Å². The number of benzene rings is 2. The molecule has 1 atom stereocenters. The molecule has 156 valence electrons. The van der Waals surface area contributed by atoms with Crippen molar-refractivity contribution in [2.75, 3.05) is 11.9 Å². The average molecular weight is 406 g/mol. The van der Waals surface area contributed by atoms with Crippen molar-refractivity contribution in [3.63, 3.8) is 0 Å². The van der Waals surface area contributed by atoms with Gasteiger partial charge < -0.3 is 21.5 Å². The number of aromatic nitrogens is 3. The van der Waals surface area contributed by atoms with Crippen LogP contribution in [0.5, 0.6) is 0 Å². The Morgan fingerprint density at radius 1 is 1.17 bits per heavy atom. The topological polar surface area (TPSA) is 126 Å². The minimum Gasteiger partial charge on any atom is -0.480 e. The van der Waals surface area contributed by atoms with Crippen LogP contribution in [-0.4, -0.2) is 38.6 Å². The van der Waals surface area contributed by atoms with Crippen molar-refractivity contribution in [2.45, 2.75) is 32.4 Å². The van der Waals surface area contributed by atoms with Crippen LogP contribution >= 0.6 is 0 Å². The third-order valence-corrected chi connectivity index (χ3v) is 4.70. The second kappa shape index (κ2) is 10.4. The second-order valence-electron chi connectivity index (χ2n) is 6.94. The van der Waals surface area contributed by atoms with Gasteiger partial charge in [0.15, 0.2) is 5.82 Å². The number of nitrogens with zero attached hydrogens (tertiary/aromatic N) is 3. The van der Waals surface area contributed by atoms with E-state index in [2.05, 4.69) is 25.6 Å². The van der Waals surface area contributed by atoms with Gasteiger partial charge >= 0.3 is 5.97 Å². The highest BCUT2D eigenvalue weighted by Crippen LogP contribution is 2.21. The molecule has 3 rings (SSSR count). The quantitative estimate of drug-likeness (QED) is 0.379. The van der Waals surface area contributed by atoms with Crippen LogP contribution in [0.2, 0.25) is 0 Å². The summed E-state index contributed by atoms with van der Waals surface area (Å²) in [6, 6.07) is 15.2. The van der Waals surface area contributed by atoms with Crippen molar-refractivity contribution >= 4 is 17.6 Å². The third-order valence-electron chi connectivity index (χ3n) is 4.70. The monoisotopic (exact) mass is 406 g/mol. The van der Waals surface area contributed by atoms with E-state index in [0.29, 0.717) is 24.9 Å². The number of rotatable bonds is 10. The lowest BCUT2D eigenvalue weighted by atomic mass is 10.1. The van der Waals surface area contributed by atoms with Gasteiger partial charge in [0.1, 0.15) is 12.4 Å². The van der Waals surface area contributed by atoms with Gasteiger partial charge in [0.25, 0.3) is 0 Å². The number of anilines is 2. The first-order valence-electron chi connectivity index (χ1n) is 9.86. The average Bonchev–Trinajstić information content (AvgIpc) is 2.77. The summed E-state index contributed by atoms with van der Waals surface area (Å²) in [4.78, 5) is 23.9. The number of hydrogen-bond acceptors (Lipinski definition) is 7. The van der Waals surface area contributed by atoms with E-state index in [4.69, 9.17) is 10.8 Å². The molecule has 0 fully saturated rings. The van der Waals surface area contributed by atoms with Crippen LogP contribution in [0.3, 0.4) is 0 Å². The number of carboxylic acids is 1. The molecule has 2 aromatic carbocycles. The summed E-state index contributed by atoms with van der Waals surface area (Å²) in [5.74, 6) is 0.195. The maximum Gasteiger partial charge on any atom is 0.320 e. The minimum absolute atomic E-state index is 0.420. The Kier molecular flexibility index (Phi) is 7.42. The number of nitrogens with two attached hydrogens (primary N) is 1. The standard InChI is InChI=1S/C22H26N6O2/c1-15(21(29)30)24-11-5-7-16-6-4-9-17(12-16)20-25-14-26-22(28-20)27-19-10-3-2-8-18(19)13-23/h2-4,6,8-10,12,14-15,24H,5,7,11,13,23H2,1H3,(H,29,30)(H,25,26,27,28)/t15-/m1/s1. The normalized spacial score (nSPS) is 11.8. The summed E-state index contributed by atoms with van der Waals surface area (Å²) in [7, 11) is 0. The molecular formula is C22H26N6O2. The second-order valence-corrected chi connectivity index (χ2v) is 6.94. The first-order chi connectivity index (χ1) is 14.6. The molecule has 0 aliphatic heterocycles. The van der Waals surface area contributed by atoms with Crippen LogP contribution in [-0.2, 0) is 17.8 Å². The molecular weight excluding hydrogens is 380 g/mol. The van der Waals surface area contributed by atoms with E-state index in [1.807, 2.05) is 48.5 Å². The SMILES string of the molecule is C[C@@H](NCCCc1cccc(-c2ncnc(Nc3ccccc3CN)n2)c1)C(=O)O. The minimum atomic E-state index is -0.842. The van der Waals surface area contributed by atoms with Crippen LogP contribution in [0, 0.1) is 0 Å². The molecule has 5 N–H and O–H groups in total. The molecule has 0 unspecified atom stereocenters. The van der Waals surface area contributed by atoms with Gasteiger partial charge in [0, 0.05) is 17.8 Å². The zero-order valence-corrected chi connectivity index (χ0v) is 16.9. The number of para-hydroxylation sites is 1. The smallest absolute Gasteiger partial charge is 0.320 e. The largest absolute Gasteiger partial charge is 0.480 e. The van der Waals surface area contributed by atoms with E-state index in [9.17, 15) is 4.79 Å². The molecule has 0 saturated heterocycles. The van der Waals surface area contributed by atoms with E-state index < -0.39 is 12.0 Å². The Morgan fingerprint density at radius 2 is 2.00 bits per heavy atom. The maximum absolute atomic E-state index is 10.9. The van der Waals surface area contributed by atoms with Crippen LogP contribution in [0.25, 0.3) is 11.4 Å². The Balaban J connectivity index is 1.67. The molecule has 0 aliphatic rings. The Bertz CT molecular complexity index is 995. The Morgan fingerprint density at radius 3 is 2.80 bits per heavy atom. The molecule has 0 saturated carbocycles. The van der Waals surface area contributed by atoms with Gasteiger partial charge in [0.05, 0.1) is 0 Å². The molecule has 0 amide bonds. The van der Waals surface area contributed by atoms with Crippen molar-refractivity contribution in [2.24, 2.45) is 5.73 Å². The van der Waals surface area contributed by atoms with Gasteiger partial charge in [-0.05, 0) is 49.6 Å². The van der Waals surface area contributed by atoms with Crippen LogP contribution in [0.1, 0.15) is 24.5 Å². The van der Waals surface area contributed by atoms with E-state index in [-0.39, 0.29) is 0 Å². The molecule has 8 heteroatoms. The van der Waals surface area contributed by atoms with Gasteiger partial charge in [-0.3, -0.25) is 4.79 Å². The fraction of sp³-hybridized carbons (Fsp3) is 0.273. The van der Waals surface area contributed by atoms with E-state index in [0.717, 1.165) is 35.2 Å². The van der Waals surface area contributed by atoms with E-state index in [1.165, 1.54) is 6.33 Å².